The molecule has 0 saturated heterocycles. The first kappa shape index (κ1) is 14.2. The highest BCUT2D eigenvalue weighted by atomic mass is 16.2. The predicted molar refractivity (Wildman–Crippen MR) is 76.6 cm³/mol. The lowest BCUT2D eigenvalue weighted by molar-refractivity contribution is 0.0943. The number of amides is 1. The number of hydrogen-bond donors (Lipinski definition) is 2. The summed E-state index contributed by atoms with van der Waals surface area (Å²) >= 11 is 0. The summed E-state index contributed by atoms with van der Waals surface area (Å²) in [6.45, 7) is 5.05. The van der Waals surface area contributed by atoms with Gasteiger partial charge >= 0.3 is 0 Å². The van der Waals surface area contributed by atoms with Gasteiger partial charge in [-0.2, -0.15) is 0 Å². The van der Waals surface area contributed by atoms with E-state index in [1.165, 1.54) is 0 Å². The zero-order chi connectivity index (χ0) is 14.5. The van der Waals surface area contributed by atoms with E-state index in [0.717, 1.165) is 11.3 Å². The van der Waals surface area contributed by atoms with Crippen LogP contribution < -0.4 is 11.1 Å². The van der Waals surface area contributed by atoms with Crippen LogP contribution in [0.25, 0.3) is 5.69 Å². The topological polar surface area (TPSA) is 85.8 Å². The van der Waals surface area contributed by atoms with Gasteiger partial charge in [0.1, 0.15) is 0 Å². The van der Waals surface area contributed by atoms with Crippen molar-refractivity contribution in [2.75, 3.05) is 13.1 Å². The van der Waals surface area contributed by atoms with E-state index in [0.29, 0.717) is 18.8 Å². The van der Waals surface area contributed by atoms with E-state index in [1.807, 2.05) is 38.1 Å². The average Bonchev–Trinajstić information content (AvgIpc) is 2.94. The molecule has 1 aromatic heterocycles. The Kier molecular flexibility index (Phi) is 4.47. The average molecular weight is 273 g/mol. The smallest absolute Gasteiger partial charge is 0.273 e. The number of nitrogens with two attached hydrogens (primary N) is 1. The standard InChI is InChI=1S/C14H19N5O/c1-10-4-3-5-12(6-10)19-9-13(17-18-19)14(20)16-8-11(2)7-15/h3-6,9,11H,7-8,15H2,1-2H3,(H,16,20). The number of rotatable bonds is 5. The van der Waals surface area contributed by atoms with Gasteiger partial charge in [-0.15, -0.1) is 5.10 Å². The van der Waals surface area contributed by atoms with Crippen LogP contribution in [0.2, 0.25) is 0 Å². The second-order valence-electron chi connectivity index (χ2n) is 4.94. The largest absolute Gasteiger partial charge is 0.350 e. The minimum atomic E-state index is -0.232. The van der Waals surface area contributed by atoms with Gasteiger partial charge < -0.3 is 11.1 Å². The van der Waals surface area contributed by atoms with Crippen molar-refractivity contribution in [3.63, 3.8) is 0 Å². The zero-order valence-corrected chi connectivity index (χ0v) is 11.7. The van der Waals surface area contributed by atoms with Crippen molar-refractivity contribution in [1.82, 2.24) is 20.3 Å². The summed E-state index contributed by atoms with van der Waals surface area (Å²) in [7, 11) is 0. The lowest BCUT2D eigenvalue weighted by Gasteiger charge is -2.08. The van der Waals surface area contributed by atoms with Gasteiger partial charge in [0.15, 0.2) is 5.69 Å². The Labute approximate surface area is 118 Å². The molecule has 1 unspecified atom stereocenters. The molecule has 6 heteroatoms. The number of aryl methyl sites for hydroxylation is 1. The molecule has 3 N–H and O–H groups in total. The van der Waals surface area contributed by atoms with Crippen molar-refractivity contribution in [3.05, 3.63) is 41.7 Å². The van der Waals surface area contributed by atoms with E-state index in [1.54, 1.807) is 10.9 Å². The molecule has 0 radical (unpaired) electrons. The SMILES string of the molecule is Cc1cccc(-n2cc(C(=O)NCC(C)CN)nn2)c1. The van der Waals surface area contributed by atoms with Crippen molar-refractivity contribution in [3.8, 4) is 5.69 Å². The fourth-order valence-corrected chi connectivity index (χ4v) is 1.71. The number of aromatic nitrogens is 3. The predicted octanol–water partition coefficient (Wildman–Crippen LogP) is 0.900. The summed E-state index contributed by atoms with van der Waals surface area (Å²) in [6, 6.07) is 7.84. The molecule has 2 rings (SSSR count). The van der Waals surface area contributed by atoms with Gasteiger partial charge in [0.25, 0.3) is 5.91 Å². The van der Waals surface area contributed by atoms with E-state index in [-0.39, 0.29) is 11.8 Å². The Bertz CT molecular complexity index is 593. The molecule has 0 saturated carbocycles. The lowest BCUT2D eigenvalue weighted by Crippen LogP contribution is -2.31. The van der Waals surface area contributed by atoms with Crippen molar-refractivity contribution in [1.29, 1.82) is 0 Å². The molecule has 106 valence electrons. The van der Waals surface area contributed by atoms with Crippen molar-refractivity contribution < 1.29 is 4.79 Å². The van der Waals surface area contributed by atoms with E-state index in [2.05, 4.69) is 15.6 Å². The first-order valence-corrected chi connectivity index (χ1v) is 6.58. The molecule has 0 bridgehead atoms. The van der Waals surface area contributed by atoms with Crippen LogP contribution in [0.15, 0.2) is 30.5 Å². The Balaban J connectivity index is 2.07. The van der Waals surface area contributed by atoms with Crippen molar-refractivity contribution >= 4 is 5.91 Å². The van der Waals surface area contributed by atoms with Crippen LogP contribution in [-0.2, 0) is 0 Å². The Morgan fingerprint density at radius 3 is 3.00 bits per heavy atom. The Morgan fingerprint density at radius 2 is 2.30 bits per heavy atom. The normalized spacial score (nSPS) is 12.2. The lowest BCUT2D eigenvalue weighted by atomic mass is 10.2. The van der Waals surface area contributed by atoms with Crippen molar-refractivity contribution in [2.24, 2.45) is 11.7 Å². The molecule has 1 atom stereocenters. The minimum Gasteiger partial charge on any atom is -0.350 e. The first-order valence-electron chi connectivity index (χ1n) is 6.58. The van der Waals surface area contributed by atoms with Crippen LogP contribution in [-0.4, -0.2) is 34.0 Å². The molecule has 20 heavy (non-hydrogen) atoms. The number of nitrogens with zero attached hydrogens (tertiary/aromatic N) is 3. The van der Waals surface area contributed by atoms with E-state index < -0.39 is 0 Å². The number of hydrogen-bond acceptors (Lipinski definition) is 4. The number of carbonyl (C=O) groups is 1. The maximum absolute atomic E-state index is 11.9. The zero-order valence-electron chi connectivity index (χ0n) is 11.7. The molecular formula is C14H19N5O. The molecular weight excluding hydrogens is 254 g/mol. The third kappa shape index (κ3) is 3.42. The van der Waals surface area contributed by atoms with Gasteiger partial charge in [0.2, 0.25) is 0 Å². The molecule has 1 aromatic carbocycles. The Hall–Kier alpha value is -2.21. The molecule has 2 aromatic rings. The van der Waals surface area contributed by atoms with Gasteiger partial charge in [-0.3, -0.25) is 4.79 Å². The summed E-state index contributed by atoms with van der Waals surface area (Å²) in [5.74, 6) is 0.00923. The quantitative estimate of drug-likeness (QED) is 0.847. The summed E-state index contributed by atoms with van der Waals surface area (Å²) in [5, 5.41) is 10.7. The Morgan fingerprint density at radius 1 is 1.50 bits per heavy atom. The maximum Gasteiger partial charge on any atom is 0.273 e. The summed E-state index contributed by atoms with van der Waals surface area (Å²) in [4.78, 5) is 11.9. The van der Waals surface area contributed by atoms with Gasteiger partial charge in [0, 0.05) is 6.54 Å². The van der Waals surface area contributed by atoms with Crippen LogP contribution in [0.4, 0.5) is 0 Å². The summed E-state index contributed by atoms with van der Waals surface area (Å²) < 4.78 is 1.59. The summed E-state index contributed by atoms with van der Waals surface area (Å²) in [6.07, 6.45) is 1.62. The molecule has 0 aliphatic carbocycles. The van der Waals surface area contributed by atoms with Crippen molar-refractivity contribution in [2.45, 2.75) is 13.8 Å². The van der Waals surface area contributed by atoms with Gasteiger partial charge in [0.05, 0.1) is 11.9 Å². The molecule has 0 aliphatic rings. The molecule has 0 spiro atoms. The monoisotopic (exact) mass is 273 g/mol. The minimum absolute atomic E-state index is 0.232. The molecule has 6 nitrogen and oxygen atoms in total. The summed E-state index contributed by atoms with van der Waals surface area (Å²) in [5.41, 5.74) is 7.82. The van der Waals surface area contributed by atoms with E-state index >= 15 is 0 Å². The van der Waals surface area contributed by atoms with Crippen LogP contribution in [0.1, 0.15) is 23.0 Å². The highest BCUT2D eigenvalue weighted by Gasteiger charge is 2.12. The third-order valence-corrected chi connectivity index (χ3v) is 3.01. The van der Waals surface area contributed by atoms with Gasteiger partial charge in [-0.05, 0) is 37.1 Å². The fraction of sp³-hybridized carbons (Fsp3) is 0.357. The second-order valence-corrected chi connectivity index (χ2v) is 4.94. The first-order chi connectivity index (χ1) is 9.60. The van der Waals surface area contributed by atoms with Crippen LogP contribution >= 0.6 is 0 Å². The fourth-order valence-electron chi connectivity index (χ4n) is 1.71. The molecule has 1 amide bonds. The van der Waals surface area contributed by atoms with Crippen LogP contribution in [0.3, 0.4) is 0 Å². The second kappa shape index (κ2) is 6.29. The molecule has 0 fully saturated rings. The highest BCUT2D eigenvalue weighted by molar-refractivity contribution is 5.91. The van der Waals surface area contributed by atoms with E-state index in [9.17, 15) is 4.79 Å². The number of benzene rings is 1. The number of nitrogens with one attached hydrogen (secondary N) is 1. The third-order valence-electron chi connectivity index (χ3n) is 3.01. The maximum atomic E-state index is 11.9. The van der Waals surface area contributed by atoms with Gasteiger partial charge in [-0.25, -0.2) is 4.68 Å². The van der Waals surface area contributed by atoms with E-state index in [4.69, 9.17) is 5.73 Å². The van der Waals surface area contributed by atoms with Gasteiger partial charge in [-0.1, -0.05) is 24.3 Å². The molecule has 1 heterocycles. The number of carbonyl (C=O) groups excluding carboxylic acids is 1. The van der Waals surface area contributed by atoms with Crippen LogP contribution in [0, 0.1) is 12.8 Å². The molecule has 0 aliphatic heterocycles. The van der Waals surface area contributed by atoms with Crippen LogP contribution in [0.5, 0.6) is 0 Å². The highest BCUT2D eigenvalue weighted by Crippen LogP contribution is 2.09.